The van der Waals surface area contributed by atoms with Crippen LogP contribution in [0.25, 0.3) is 0 Å². The van der Waals surface area contributed by atoms with Gasteiger partial charge in [0.05, 0.1) is 12.2 Å². The van der Waals surface area contributed by atoms with Crippen molar-refractivity contribution >= 4 is 11.6 Å². The molecule has 2 fully saturated rings. The average molecular weight is 234 g/mol. The number of aromatic nitrogens is 2. The average Bonchev–Trinajstić information content (AvgIpc) is 2.68. The summed E-state index contributed by atoms with van der Waals surface area (Å²) in [5.74, 6) is 1.96. The Morgan fingerprint density at radius 2 is 2.00 bits per heavy atom. The molecule has 92 valence electrons. The van der Waals surface area contributed by atoms with Crippen LogP contribution in [0.15, 0.2) is 6.33 Å². The van der Waals surface area contributed by atoms with Crippen LogP contribution in [0.4, 0.5) is 11.6 Å². The van der Waals surface area contributed by atoms with Gasteiger partial charge in [-0.15, -0.1) is 0 Å². The van der Waals surface area contributed by atoms with Crippen LogP contribution in [-0.4, -0.2) is 42.3 Å². The fourth-order valence-electron chi connectivity index (χ4n) is 2.80. The Morgan fingerprint density at radius 3 is 2.65 bits per heavy atom. The van der Waals surface area contributed by atoms with Gasteiger partial charge in [0.25, 0.3) is 0 Å². The number of anilines is 2. The summed E-state index contributed by atoms with van der Waals surface area (Å²) in [5.41, 5.74) is 1.12. The molecular weight excluding hydrogens is 216 g/mol. The maximum Gasteiger partial charge on any atom is 0.137 e. The molecule has 3 heterocycles. The summed E-state index contributed by atoms with van der Waals surface area (Å²) in [6.07, 6.45) is 4.78. The molecule has 5 nitrogen and oxygen atoms in total. The fourth-order valence-corrected chi connectivity index (χ4v) is 2.80. The second kappa shape index (κ2) is 4.14. The van der Waals surface area contributed by atoms with Gasteiger partial charge in [-0.3, -0.25) is 0 Å². The zero-order valence-electron chi connectivity index (χ0n) is 10.3. The van der Waals surface area contributed by atoms with Crippen molar-refractivity contribution in [1.82, 2.24) is 9.97 Å². The highest BCUT2D eigenvalue weighted by Crippen LogP contribution is 2.31. The van der Waals surface area contributed by atoms with Crippen molar-refractivity contribution in [2.45, 2.75) is 32.0 Å². The fraction of sp³-hybridized carbons (Fsp3) is 0.667. The van der Waals surface area contributed by atoms with Crippen LogP contribution in [0.5, 0.6) is 0 Å². The van der Waals surface area contributed by atoms with Crippen molar-refractivity contribution in [1.29, 1.82) is 0 Å². The first-order chi connectivity index (χ1) is 8.28. The molecule has 1 aromatic heterocycles. The minimum Gasteiger partial charge on any atom is -0.373 e. The van der Waals surface area contributed by atoms with Gasteiger partial charge in [0, 0.05) is 25.7 Å². The first kappa shape index (κ1) is 10.8. The number of nitrogens with zero attached hydrogens (tertiary/aromatic N) is 3. The number of fused-ring (bicyclic) bond motifs is 2. The topological polar surface area (TPSA) is 50.3 Å². The Labute approximate surface area is 101 Å². The van der Waals surface area contributed by atoms with Gasteiger partial charge in [-0.1, -0.05) is 0 Å². The van der Waals surface area contributed by atoms with Gasteiger partial charge in [-0.2, -0.15) is 0 Å². The third-order valence-electron chi connectivity index (χ3n) is 3.64. The molecule has 2 saturated heterocycles. The van der Waals surface area contributed by atoms with E-state index in [-0.39, 0.29) is 0 Å². The van der Waals surface area contributed by atoms with Crippen LogP contribution < -0.4 is 10.2 Å². The van der Waals surface area contributed by atoms with Crippen molar-refractivity contribution in [2.24, 2.45) is 0 Å². The molecule has 1 aromatic rings. The summed E-state index contributed by atoms with van der Waals surface area (Å²) in [5, 5.41) is 3.10. The van der Waals surface area contributed by atoms with E-state index < -0.39 is 0 Å². The van der Waals surface area contributed by atoms with Crippen LogP contribution in [-0.2, 0) is 4.74 Å². The number of ether oxygens (including phenoxy) is 1. The van der Waals surface area contributed by atoms with Crippen LogP contribution in [0.1, 0.15) is 18.4 Å². The van der Waals surface area contributed by atoms with Crippen molar-refractivity contribution < 1.29 is 4.74 Å². The molecule has 0 saturated carbocycles. The molecule has 3 rings (SSSR count). The van der Waals surface area contributed by atoms with Crippen molar-refractivity contribution in [3.8, 4) is 0 Å². The van der Waals surface area contributed by atoms with Crippen molar-refractivity contribution in [3.05, 3.63) is 11.9 Å². The maximum absolute atomic E-state index is 5.84. The molecular formula is C12H18N4O. The Morgan fingerprint density at radius 1 is 1.29 bits per heavy atom. The zero-order chi connectivity index (χ0) is 11.8. The first-order valence-corrected chi connectivity index (χ1v) is 6.17. The van der Waals surface area contributed by atoms with Gasteiger partial charge in [0.2, 0.25) is 0 Å². The van der Waals surface area contributed by atoms with E-state index in [1.165, 1.54) is 12.8 Å². The van der Waals surface area contributed by atoms with E-state index in [0.29, 0.717) is 12.2 Å². The lowest BCUT2D eigenvalue weighted by Crippen LogP contribution is -2.43. The lowest BCUT2D eigenvalue weighted by atomic mass is 10.2. The number of hydrogen-bond donors (Lipinski definition) is 1. The molecule has 2 unspecified atom stereocenters. The van der Waals surface area contributed by atoms with Crippen molar-refractivity contribution in [2.75, 3.05) is 30.4 Å². The van der Waals surface area contributed by atoms with Gasteiger partial charge in [0.15, 0.2) is 0 Å². The van der Waals surface area contributed by atoms with E-state index in [1.54, 1.807) is 6.33 Å². The van der Waals surface area contributed by atoms with Gasteiger partial charge in [-0.25, -0.2) is 9.97 Å². The summed E-state index contributed by atoms with van der Waals surface area (Å²) in [7, 11) is 1.89. The molecule has 0 aliphatic carbocycles. The SMILES string of the molecule is CNc1ncnc(N2CC3CCC(C2)O3)c1C. The Hall–Kier alpha value is -1.36. The largest absolute Gasteiger partial charge is 0.373 e. The van der Waals surface area contributed by atoms with Crippen molar-refractivity contribution in [3.63, 3.8) is 0 Å². The van der Waals surface area contributed by atoms with Crippen LogP contribution in [0.3, 0.4) is 0 Å². The number of rotatable bonds is 2. The van der Waals surface area contributed by atoms with Crippen LogP contribution in [0, 0.1) is 6.92 Å². The smallest absolute Gasteiger partial charge is 0.137 e. The lowest BCUT2D eigenvalue weighted by molar-refractivity contribution is 0.0302. The second-order valence-electron chi connectivity index (χ2n) is 4.78. The van der Waals surface area contributed by atoms with Gasteiger partial charge in [0.1, 0.15) is 18.0 Å². The molecule has 0 spiro atoms. The highest BCUT2D eigenvalue weighted by molar-refractivity contribution is 5.58. The van der Waals surface area contributed by atoms with Gasteiger partial charge in [-0.05, 0) is 19.8 Å². The molecule has 0 aromatic carbocycles. The third kappa shape index (κ3) is 1.84. The molecule has 0 amide bonds. The first-order valence-electron chi connectivity index (χ1n) is 6.17. The standard InChI is InChI=1S/C12H18N4O/c1-8-11(13-2)14-7-15-12(8)16-5-9-3-4-10(6-16)17-9/h7,9-10H,3-6H2,1-2H3,(H,13,14,15). The lowest BCUT2D eigenvalue weighted by Gasteiger charge is -2.33. The van der Waals surface area contributed by atoms with E-state index in [2.05, 4.69) is 27.1 Å². The number of morpholine rings is 1. The quantitative estimate of drug-likeness (QED) is 0.833. The van der Waals surface area contributed by atoms with E-state index in [1.807, 2.05) is 7.05 Å². The van der Waals surface area contributed by atoms with E-state index >= 15 is 0 Å². The predicted molar refractivity (Wildman–Crippen MR) is 66.4 cm³/mol. The number of nitrogens with one attached hydrogen (secondary N) is 1. The highest BCUT2D eigenvalue weighted by Gasteiger charge is 2.34. The molecule has 2 aliphatic rings. The predicted octanol–water partition coefficient (Wildman–Crippen LogP) is 1.19. The van der Waals surface area contributed by atoms with Gasteiger partial charge < -0.3 is 15.0 Å². The summed E-state index contributed by atoms with van der Waals surface area (Å²) in [6, 6.07) is 0. The summed E-state index contributed by atoms with van der Waals surface area (Å²) < 4.78 is 5.84. The molecule has 2 bridgehead atoms. The minimum absolute atomic E-state index is 0.390. The van der Waals surface area contributed by atoms with Crippen LogP contribution in [0.2, 0.25) is 0 Å². The second-order valence-corrected chi connectivity index (χ2v) is 4.78. The van der Waals surface area contributed by atoms with Gasteiger partial charge >= 0.3 is 0 Å². The third-order valence-corrected chi connectivity index (χ3v) is 3.64. The van der Waals surface area contributed by atoms with E-state index in [4.69, 9.17) is 4.74 Å². The van der Waals surface area contributed by atoms with E-state index in [0.717, 1.165) is 30.3 Å². The summed E-state index contributed by atoms with van der Waals surface area (Å²) in [6.45, 7) is 3.98. The minimum atomic E-state index is 0.390. The zero-order valence-corrected chi connectivity index (χ0v) is 10.3. The summed E-state index contributed by atoms with van der Waals surface area (Å²) >= 11 is 0. The molecule has 2 atom stereocenters. The molecule has 0 radical (unpaired) electrons. The number of hydrogen-bond acceptors (Lipinski definition) is 5. The molecule has 1 N–H and O–H groups in total. The molecule has 2 aliphatic heterocycles. The monoisotopic (exact) mass is 234 g/mol. The maximum atomic E-state index is 5.84. The molecule has 17 heavy (non-hydrogen) atoms. The molecule has 5 heteroatoms. The Balaban J connectivity index is 1.89. The van der Waals surface area contributed by atoms with E-state index in [9.17, 15) is 0 Å². The Kier molecular flexibility index (Phi) is 2.63. The Bertz CT molecular complexity index is 411. The highest BCUT2D eigenvalue weighted by atomic mass is 16.5. The summed E-state index contributed by atoms with van der Waals surface area (Å²) in [4.78, 5) is 11.0. The normalized spacial score (nSPS) is 27.3. The van der Waals surface area contributed by atoms with Crippen LogP contribution >= 0.6 is 0 Å².